The molecule has 6 heteroatoms. The zero-order valence-electron chi connectivity index (χ0n) is 14.6. The molecule has 0 saturated heterocycles. The Morgan fingerprint density at radius 1 is 1.44 bits per heavy atom. The number of nitrogens with zero attached hydrogens (tertiary/aromatic N) is 2. The summed E-state index contributed by atoms with van der Waals surface area (Å²) in [5.41, 5.74) is 8.28. The lowest BCUT2D eigenvalue weighted by Crippen LogP contribution is -2.40. The second kappa shape index (κ2) is 8.27. The van der Waals surface area contributed by atoms with Gasteiger partial charge in [0.2, 0.25) is 0 Å². The molecule has 0 unspecified atom stereocenters. The molecule has 0 radical (unpaired) electrons. The second-order valence-electron chi connectivity index (χ2n) is 6.70. The Morgan fingerprint density at radius 3 is 2.96 bits per heavy atom. The topological polar surface area (TPSA) is 82.2 Å². The zero-order chi connectivity index (χ0) is 17.6. The first-order valence-corrected chi connectivity index (χ1v) is 8.78. The number of methoxy groups -OCH3 is 1. The fraction of sp³-hybridized carbons (Fsp3) is 0.474. The van der Waals surface area contributed by atoms with Gasteiger partial charge in [0.05, 0.1) is 24.1 Å². The van der Waals surface area contributed by atoms with Crippen LogP contribution in [-0.4, -0.2) is 42.0 Å². The standard InChI is InChI=1S/C19H26N4O2/c1-25-13-16(9-14-5-3-2-4-6-14)21-11-15-7-8-23-18(10-15)17(12-22-23)19(20)24/h2-6,12,15-16,21H,7-11,13H2,1H3,(H2,20,24)/t15-,16+/m1/s1. The number of fused-ring (bicyclic) bond motifs is 1. The minimum atomic E-state index is -0.392. The third-order valence-corrected chi connectivity index (χ3v) is 4.83. The number of rotatable bonds is 8. The summed E-state index contributed by atoms with van der Waals surface area (Å²) in [6, 6.07) is 10.7. The van der Waals surface area contributed by atoms with Gasteiger partial charge in [-0.3, -0.25) is 9.48 Å². The van der Waals surface area contributed by atoms with Gasteiger partial charge in [-0.1, -0.05) is 30.3 Å². The highest BCUT2D eigenvalue weighted by atomic mass is 16.5. The largest absolute Gasteiger partial charge is 0.383 e. The molecule has 2 atom stereocenters. The van der Waals surface area contributed by atoms with E-state index < -0.39 is 5.91 Å². The lowest BCUT2D eigenvalue weighted by atomic mass is 9.93. The van der Waals surface area contributed by atoms with Crippen LogP contribution in [0.25, 0.3) is 0 Å². The molecule has 3 N–H and O–H groups in total. The van der Waals surface area contributed by atoms with Crippen LogP contribution in [0, 0.1) is 5.92 Å². The van der Waals surface area contributed by atoms with Crippen LogP contribution >= 0.6 is 0 Å². The lowest BCUT2D eigenvalue weighted by molar-refractivity contribution is 0.0998. The molecule has 0 saturated carbocycles. The third-order valence-electron chi connectivity index (χ3n) is 4.83. The second-order valence-corrected chi connectivity index (χ2v) is 6.70. The lowest BCUT2D eigenvalue weighted by Gasteiger charge is -2.27. The number of aromatic nitrogens is 2. The van der Waals surface area contributed by atoms with E-state index in [1.807, 2.05) is 10.7 Å². The van der Waals surface area contributed by atoms with E-state index >= 15 is 0 Å². The van der Waals surface area contributed by atoms with E-state index in [1.165, 1.54) is 5.56 Å². The number of nitrogens with two attached hydrogens (primary N) is 1. The van der Waals surface area contributed by atoms with E-state index in [0.717, 1.165) is 38.0 Å². The summed E-state index contributed by atoms with van der Waals surface area (Å²) >= 11 is 0. The molecule has 0 spiro atoms. The number of carbonyl (C=O) groups excluding carboxylic acids is 1. The Labute approximate surface area is 148 Å². The van der Waals surface area contributed by atoms with Gasteiger partial charge in [-0.05, 0) is 37.3 Å². The SMILES string of the molecule is COC[C@H](Cc1ccccc1)NC[C@@H]1CCn2ncc(C(N)=O)c2C1. The molecule has 2 heterocycles. The Kier molecular flexibility index (Phi) is 5.83. The van der Waals surface area contributed by atoms with E-state index in [-0.39, 0.29) is 6.04 Å². The molecular formula is C19H26N4O2. The first-order valence-electron chi connectivity index (χ1n) is 8.78. The zero-order valence-corrected chi connectivity index (χ0v) is 14.6. The number of aryl methyl sites for hydroxylation is 1. The predicted octanol–water partition coefficient (Wildman–Crippen LogP) is 1.39. The van der Waals surface area contributed by atoms with Gasteiger partial charge in [-0.25, -0.2) is 0 Å². The summed E-state index contributed by atoms with van der Waals surface area (Å²) in [6.07, 6.45) is 4.41. The van der Waals surface area contributed by atoms with Crippen LogP contribution in [-0.2, 0) is 24.1 Å². The van der Waals surface area contributed by atoms with Crippen molar-refractivity contribution in [2.45, 2.75) is 31.8 Å². The molecule has 1 aliphatic heterocycles. The average molecular weight is 342 g/mol. The highest BCUT2D eigenvalue weighted by Crippen LogP contribution is 2.22. The molecule has 0 aliphatic carbocycles. The molecule has 0 bridgehead atoms. The fourth-order valence-corrected chi connectivity index (χ4v) is 3.50. The molecule has 134 valence electrons. The van der Waals surface area contributed by atoms with E-state index in [2.05, 4.69) is 34.7 Å². The maximum Gasteiger partial charge on any atom is 0.252 e. The maximum absolute atomic E-state index is 11.5. The van der Waals surface area contributed by atoms with Gasteiger partial charge < -0.3 is 15.8 Å². The van der Waals surface area contributed by atoms with Crippen molar-refractivity contribution in [3.05, 3.63) is 53.3 Å². The Morgan fingerprint density at radius 2 is 2.24 bits per heavy atom. The maximum atomic E-state index is 11.5. The molecule has 25 heavy (non-hydrogen) atoms. The molecule has 6 nitrogen and oxygen atoms in total. The Hall–Kier alpha value is -2.18. The quantitative estimate of drug-likeness (QED) is 0.759. The highest BCUT2D eigenvalue weighted by Gasteiger charge is 2.24. The van der Waals surface area contributed by atoms with Crippen molar-refractivity contribution in [1.29, 1.82) is 0 Å². The minimum absolute atomic E-state index is 0.273. The molecule has 0 fully saturated rings. The van der Waals surface area contributed by atoms with Crippen LogP contribution in [0.5, 0.6) is 0 Å². The smallest absolute Gasteiger partial charge is 0.252 e. The van der Waals surface area contributed by atoms with Gasteiger partial charge in [-0.2, -0.15) is 5.10 Å². The van der Waals surface area contributed by atoms with E-state index in [0.29, 0.717) is 18.1 Å². The number of benzene rings is 1. The van der Waals surface area contributed by atoms with Gasteiger partial charge in [0.1, 0.15) is 0 Å². The van der Waals surface area contributed by atoms with E-state index in [1.54, 1.807) is 13.3 Å². The summed E-state index contributed by atoms with van der Waals surface area (Å²) in [5.74, 6) is 0.0774. The van der Waals surface area contributed by atoms with Crippen molar-refractivity contribution in [3.63, 3.8) is 0 Å². The molecule has 1 amide bonds. The first-order chi connectivity index (χ1) is 12.2. The number of hydrogen-bond acceptors (Lipinski definition) is 4. The monoisotopic (exact) mass is 342 g/mol. The molecule has 1 aromatic heterocycles. The molecular weight excluding hydrogens is 316 g/mol. The van der Waals surface area contributed by atoms with Crippen LogP contribution < -0.4 is 11.1 Å². The number of primary amides is 1. The van der Waals surface area contributed by atoms with Crippen LogP contribution in [0.3, 0.4) is 0 Å². The van der Waals surface area contributed by atoms with Crippen molar-refractivity contribution in [1.82, 2.24) is 15.1 Å². The summed E-state index contributed by atoms with van der Waals surface area (Å²) in [6.45, 7) is 2.40. The molecule has 1 aliphatic rings. The van der Waals surface area contributed by atoms with Crippen LogP contribution in [0.15, 0.2) is 36.5 Å². The number of hydrogen-bond donors (Lipinski definition) is 2. The molecule has 1 aromatic carbocycles. The number of amides is 1. The van der Waals surface area contributed by atoms with Crippen LogP contribution in [0.4, 0.5) is 0 Å². The summed E-state index contributed by atoms with van der Waals surface area (Å²) in [5, 5.41) is 7.91. The average Bonchev–Trinajstić information content (AvgIpc) is 3.04. The van der Waals surface area contributed by atoms with Gasteiger partial charge in [0.15, 0.2) is 0 Å². The summed E-state index contributed by atoms with van der Waals surface area (Å²) in [4.78, 5) is 11.5. The summed E-state index contributed by atoms with van der Waals surface area (Å²) < 4.78 is 7.28. The number of nitrogens with one attached hydrogen (secondary N) is 1. The predicted molar refractivity (Wildman–Crippen MR) is 96.4 cm³/mol. The van der Waals surface area contributed by atoms with Crippen molar-refractivity contribution in [2.75, 3.05) is 20.3 Å². The van der Waals surface area contributed by atoms with E-state index in [4.69, 9.17) is 10.5 Å². The Balaban J connectivity index is 1.58. The third kappa shape index (κ3) is 4.46. The van der Waals surface area contributed by atoms with Gasteiger partial charge in [0, 0.05) is 19.7 Å². The normalized spacial score (nSPS) is 17.9. The van der Waals surface area contributed by atoms with Gasteiger partial charge in [0.25, 0.3) is 5.91 Å². The van der Waals surface area contributed by atoms with Crippen molar-refractivity contribution < 1.29 is 9.53 Å². The van der Waals surface area contributed by atoms with Crippen molar-refractivity contribution in [3.8, 4) is 0 Å². The Bertz CT molecular complexity index is 699. The first kappa shape index (κ1) is 17.6. The number of ether oxygens (including phenoxy) is 1. The summed E-state index contributed by atoms with van der Waals surface area (Å²) in [7, 11) is 1.73. The molecule has 3 rings (SSSR count). The van der Waals surface area contributed by atoms with Crippen molar-refractivity contribution >= 4 is 5.91 Å². The highest BCUT2D eigenvalue weighted by molar-refractivity contribution is 5.93. The van der Waals surface area contributed by atoms with Crippen LogP contribution in [0.2, 0.25) is 0 Å². The van der Waals surface area contributed by atoms with Gasteiger partial charge in [-0.15, -0.1) is 0 Å². The molecule has 2 aromatic rings. The van der Waals surface area contributed by atoms with E-state index in [9.17, 15) is 4.79 Å². The van der Waals surface area contributed by atoms with Crippen LogP contribution in [0.1, 0.15) is 28.0 Å². The minimum Gasteiger partial charge on any atom is -0.383 e. The fourth-order valence-electron chi connectivity index (χ4n) is 3.50. The van der Waals surface area contributed by atoms with Gasteiger partial charge >= 0.3 is 0 Å². The number of carbonyl (C=O) groups is 1. The van der Waals surface area contributed by atoms with Crippen molar-refractivity contribution in [2.24, 2.45) is 11.7 Å².